The van der Waals surface area contributed by atoms with Crippen LogP contribution in [-0.4, -0.2) is 25.9 Å². The zero-order chi connectivity index (χ0) is 13.0. The summed E-state index contributed by atoms with van der Waals surface area (Å²) < 4.78 is 4.22. The Kier molecular flexibility index (Phi) is 4.02. The SMILES string of the molecule is CCNc1nccn1CCCn1nc(C)cc1C. The highest BCUT2D eigenvalue weighted by atomic mass is 15.3. The van der Waals surface area contributed by atoms with Crippen LogP contribution in [0, 0.1) is 13.8 Å². The molecule has 0 fully saturated rings. The monoisotopic (exact) mass is 247 g/mol. The van der Waals surface area contributed by atoms with Gasteiger partial charge in [-0.25, -0.2) is 4.98 Å². The van der Waals surface area contributed by atoms with E-state index in [1.54, 1.807) is 0 Å². The maximum absolute atomic E-state index is 4.46. The number of hydrogen-bond acceptors (Lipinski definition) is 3. The third kappa shape index (κ3) is 2.91. The van der Waals surface area contributed by atoms with Gasteiger partial charge < -0.3 is 9.88 Å². The van der Waals surface area contributed by atoms with E-state index in [2.05, 4.69) is 44.6 Å². The van der Waals surface area contributed by atoms with E-state index in [0.29, 0.717) is 0 Å². The number of anilines is 1. The third-order valence-electron chi connectivity index (χ3n) is 2.92. The topological polar surface area (TPSA) is 47.7 Å². The minimum absolute atomic E-state index is 0.897. The first-order chi connectivity index (χ1) is 8.70. The molecule has 0 amide bonds. The second kappa shape index (κ2) is 5.71. The molecule has 1 N–H and O–H groups in total. The van der Waals surface area contributed by atoms with Crippen molar-refractivity contribution < 1.29 is 0 Å². The second-order valence-electron chi connectivity index (χ2n) is 4.48. The summed E-state index contributed by atoms with van der Waals surface area (Å²) in [4.78, 5) is 4.28. The smallest absolute Gasteiger partial charge is 0.202 e. The van der Waals surface area contributed by atoms with Gasteiger partial charge in [-0.15, -0.1) is 0 Å². The quantitative estimate of drug-likeness (QED) is 0.851. The Hall–Kier alpha value is -1.78. The molecule has 2 rings (SSSR count). The molecule has 0 aromatic carbocycles. The molecule has 18 heavy (non-hydrogen) atoms. The van der Waals surface area contributed by atoms with Crippen LogP contribution in [0.1, 0.15) is 24.7 Å². The largest absolute Gasteiger partial charge is 0.356 e. The molecule has 0 unspecified atom stereocenters. The molecule has 0 spiro atoms. The fraction of sp³-hybridized carbons (Fsp3) is 0.538. The van der Waals surface area contributed by atoms with Crippen molar-refractivity contribution in [1.29, 1.82) is 0 Å². The number of rotatable bonds is 6. The fourth-order valence-corrected chi connectivity index (χ4v) is 2.11. The van der Waals surface area contributed by atoms with Crippen LogP contribution in [0.15, 0.2) is 18.5 Å². The van der Waals surface area contributed by atoms with E-state index in [-0.39, 0.29) is 0 Å². The number of imidazole rings is 1. The van der Waals surface area contributed by atoms with Crippen LogP contribution in [0.25, 0.3) is 0 Å². The minimum atomic E-state index is 0.897. The molecule has 98 valence electrons. The van der Waals surface area contributed by atoms with E-state index in [1.165, 1.54) is 5.69 Å². The van der Waals surface area contributed by atoms with E-state index in [0.717, 1.165) is 37.7 Å². The Morgan fingerprint density at radius 3 is 2.78 bits per heavy atom. The molecule has 0 aliphatic rings. The summed E-state index contributed by atoms with van der Waals surface area (Å²) in [6, 6.07) is 2.11. The highest BCUT2D eigenvalue weighted by molar-refractivity contribution is 5.25. The van der Waals surface area contributed by atoms with E-state index < -0.39 is 0 Å². The third-order valence-corrected chi connectivity index (χ3v) is 2.92. The highest BCUT2D eigenvalue weighted by Gasteiger charge is 2.03. The molecule has 0 bridgehead atoms. The maximum Gasteiger partial charge on any atom is 0.202 e. The van der Waals surface area contributed by atoms with Crippen molar-refractivity contribution in [1.82, 2.24) is 19.3 Å². The van der Waals surface area contributed by atoms with E-state index in [1.807, 2.05) is 19.3 Å². The van der Waals surface area contributed by atoms with Crippen LogP contribution in [0.2, 0.25) is 0 Å². The predicted octanol–water partition coefficient (Wildman–Crippen LogP) is 2.22. The Balaban J connectivity index is 1.88. The van der Waals surface area contributed by atoms with Crippen LogP contribution < -0.4 is 5.32 Å². The lowest BCUT2D eigenvalue weighted by Gasteiger charge is -2.09. The van der Waals surface area contributed by atoms with Crippen LogP contribution in [0.3, 0.4) is 0 Å². The first-order valence-corrected chi connectivity index (χ1v) is 6.46. The Morgan fingerprint density at radius 2 is 2.11 bits per heavy atom. The first-order valence-electron chi connectivity index (χ1n) is 6.46. The van der Waals surface area contributed by atoms with Gasteiger partial charge in [-0.2, -0.15) is 5.10 Å². The van der Waals surface area contributed by atoms with Gasteiger partial charge in [0, 0.05) is 37.7 Å². The Labute approximate surface area is 108 Å². The lowest BCUT2D eigenvalue weighted by Crippen LogP contribution is -2.09. The van der Waals surface area contributed by atoms with Crippen molar-refractivity contribution in [2.45, 2.75) is 40.3 Å². The van der Waals surface area contributed by atoms with Gasteiger partial charge in [0.2, 0.25) is 5.95 Å². The zero-order valence-corrected chi connectivity index (χ0v) is 11.3. The average molecular weight is 247 g/mol. The normalized spacial score (nSPS) is 10.8. The number of aryl methyl sites for hydroxylation is 4. The van der Waals surface area contributed by atoms with Crippen molar-refractivity contribution in [3.63, 3.8) is 0 Å². The lowest BCUT2D eigenvalue weighted by molar-refractivity contribution is 0.518. The van der Waals surface area contributed by atoms with Gasteiger partial charge in [0.15, 0.2) is 0 Å². The van der Waals surface area contributed by atoms with Gasteiger partial charge in [0.1, 0.15) is 0 Å². The van der Waals surface area contributed by atoms with E-state index >= 15 is 0 Å². The summed E-state index contributed by atoms with van der Waals surface area (Å²) in [6.07, 6.45) is 4.90. The van der Waals surface area contributed by atoms with Crippen molar-refractivity contribution in [3.05, 3.63) is 29.8 Å². The van der Waals surface area contributed by atoms with E-state index in [4.69, 9.17) is 0 Å². The molecule has 0 saturated heterocycles. The fourth-order valence-electron chi connectivity index (χ4n) is 2.11. The molecule has 2 heterocycles. The van der Waals surface area contributed by atoms with Crippen molar-refractivity contribution in [2.24, 2.45) is 0 Å². The van der Waals surface area contributed by atoms with Gasteiger partial charge >= 0.3 is 0 Å². The average Bonchev–Trinajstić information content (AvgIpc) is 2.88. The highest BCUT2D eigenvalue weighted by Crippen LogP contribution is 2.07. The summed E-state index contributed by atoms with van der Waals surface area (Å²) in [7, 11) is 0. The molecule has 0 radical (unpaired) electrons. The minimum Gasteiger partial charge on any atom is -0.356 e. The van der Waals surface area contributed by atoms with Gasteiger partial charge in [-0.05, 0) is 33.3 Å². The summed E-state index contributed by atoms with van der Waals surface area (Å²) in [5, 5.41) is 7.71. The molecule has 0 saturated carbocycles. The summed E-state index contributed by atoms with van der Waals surface area (Å²) >= 11 is 0. The first kappa shape index (κ1) is 12.7. The Bertz CT molecular complexity index is 497. The predicted molar refractivity (Wildman–Crippen MR) is 72.7 cm³/mol. The molecular formula is C13H21N5. The summed E-state index contributed by atoms with van der Waals surface area (Å²) in [6.45, 7) is 9.01. The molecule has 0 atom stereocenters. The van der Waals surface area contributed by atoms with Crippen LogP contribution in [-0.2, 0) is 13.1 Å². The molecule has 0 aliphatic heterocycles. The van der Waals surface area contributed by atoms with Gasteiger partial charge in [-0.1, -0.05) is 0 Å². The molecule has 0 aliphatic carbocycles. The van der Waals surface area contributed by atoms with Crippen molar-refractivity contribution in [3.8, 4) is 0 Å². The number of hydrogen-bond donors (Lipinski definition) is 1. The van der Waals surface area contributed by atoms with Crippen molar-refractivity contribution in [2.75, 3.05) is 11.9 Å². The zero-order valence-electron chi connectivity index (χ0n) is 11.3. The van der Waals surface area contributed by atoms with Crippen LogP contribution >= 0.6 is 0 Å². The summed E-state index contributed by atoms with van der Waals surface area (Å²) in [5.41, 5.74) is 2.31. The number of aromatic nitrogens is 4. The molecule has 5 heteroatoms. The standard InChI is InChI=1S/C13H21N5/c1-4-14-13-15-6-9-17(13)7-5-8-18-12(3)10-11(2)16-18/h6,9-10H,4-5,7-8H2,1-3H3,(H,14,15). The second-order valence-corrected chi connectivity index (χ2v) is 4.48. The summed E-state index contributed by atoms with van der Waals surface area (Å²) in [5.74, 6) is 0.950. The molecule has 5 nitrogen and oxygen atoms in total. The number of nitrogens with one attached hydrogen (secondary N) is 1. The van der Waals surface area contributed by atoms with E-state index in [9.17, 15) is 0 Å². The lowest BCUT2D eigenvalue weighted by atomic mass is 10.4. The van der Waals surface area contributed by atoms with Crippen LogP contribution in [0.4, 0.5) is 5.95 Å². The van der Waals surface area contributed by atoms with Gasteiger partial charge in [0.25, 0.3) is 0 Å². The van der Waals surface area contributed by atoms with Gasteiger partial charge in [-0.3, -0.25) is 4.68 Å². The van der Waals surface area contributed by atoms with Crippen LogP contribution in [0.5, 0.6) is 0 Å². The van der Waals surface area contributed by atoms with Crippen molar-refractivity contribution >= 4 is 5.95 Å². The van der Waals surface area contributed by atoms with Gasteiger partial charge in [0.05, 0.1) is 5.69 Å². The Morgan fingerprint density at radius 1 is 1.28 bits per heavy atom. The molecule has 2 aromatic rings. The maximum atomic E-state index is 4.46. The molecular weight excluding hydrogens is 226 g/mol. The number of nitrogens with zero attached hydrogens (tertiary/aromatic N) is 4. The molecule has 2 aromatic heterocycles.